The minimum Gasteiger partial charge on any atom is -0.344 e. The molecule has 0 amide bonds. The van der Waals surface area contributed by atoms with Gasteiger partial charge in [-0.1, -0.05) is 69.2 Å². The van der Waals surface area contributed by atoms with Crippen molar-refractivity contribution >= 4 is 15.8 Å². The molecule has 35 heavy (non-hydrogen) atoms. The predicted molar refractivity (Wildman–Crippen MR) is 144 cm³/mol. The number of fused-ring (bicyclic) bond motifs is 2. The molecule has 0 aromatic carbocycles. The number of rotatable bonds is 2. The van der Waals surface area contributed by atoms with Gasteiger partial charge in [0.1, 0.15) is 0 Å². The molecule has 0 spiro atoms. The van der Waals surface area contributed by atoms with E-state index in [1.807, 2.05) is 0 Å². The van der Waals surface area contributed by atoms with Gasteiger partial charge in [-0.3, -0.25) is 0 Å². The summed E-state index contributed by atoms with van der Waals surface area (Å²) in [5.74, 6) is -0.704. The fourth-order valence-electron chi connectivity index (χ4n) is 8.28. The number of ether oxygens (including phenoxy) is 4. The molecule has 204 valence electrons. The second-order valence-electron chi connectivity index (χ2n) is 12.9. The van der Waals surface area contributed by atoms with Crippen LogP contribution in [0.5, 0.6) is 0 Å². The van der Waals surface area contributed by atoms with E-state index in [0.29, 0.717) is 24.4 Å². The summed E-state index contributed by atoms with van der Waals surface area (Å²) in [5.41, 5.74) is 4.92. The van der Waals surface area contributed by atoms with Crippen molar-refractivity contribution in [1.82, 2.24) is 0 Å². The third-order valence-electron chi connectivity index (χ3n) is 9.60. The molecule has 8 atom stereocenters. The summed E-state index contributed by atoms with van der Waals surface area (Å²) in [5, 5.41) is 0. The summed E-state index contributed by atoms with van der Waals surface area (Å²) < 4.78 is 24.6. The van der Waals surface area contributed by atoms with Gasteiger partial charge in [0.25, 0.3) is 0 Å². The van der Waals surface area contributed by atoms with Gasteiger partial charge in [0.2, 0.25) is 0 Å². The molecule has 6 fully saturated rings. The van der Waals surface area contributed by atoms with E-state index in [1.54, 1.807) is 0 Å². The molecular formula is C28H50FeO4P2. The van der Waals surface area contributed by atoms with E-state index >= 15 is 0 Å². The van der Waals surface area contributed by atoms with Crippen LogP contribution in [-0.4, -0.2) is 69.9 Å². The molecular weight excluding hydrogens is 518 g/mol. The maximum atomic E-state index is 6.14. The summed E-state index contributed by atoms with van der Waals surface area (Å²) in [6.45, 7) is 17.9. The smallest absolute Gasteiger partial charge is 0.163 e. The minimum atomic E-state index is -0.352. The largest absolute Gasteiger partial charge is 0.344 e. The molecule has 4 saturated heterocycles. The van der Waals surface area contributed by atoms with Crippen molar-refractivity contribution in [1.29, 1.82) is 0 Å². The normalized spacial score (nSPS) is 48.3. The molecule has 4 aliphatic heterocycles. The zero-order valence-corrected chi connectivity index (χ0v) is 26.2. The van der Waals surface area contributed by atoms with Crippen LogP contribution in [0.1, 0.15) is 107 Å². The van der Waals surface area contributed by atoms with Gasteiger partial charge in [-0.25, -0.2) is 0 Å². The first-order chi connectivity index (χ1) is 16.0. The summed E-state index contributed by atoms with van der Waals surface area (Å²) in [7, 11) is 0.213. The van der Waals surface area contributed by atoms with Crippen LogP contribution in [0.15, 0.2) is 0 Å². The van der Waals surface area contributed by atoms with Crippen molar-refractivity contribution in [3.05, 3.63) is 0 Å². The fraction of sp³-hybridized carbons (Fsp3) is 1.00. The summed E-state index contributed by atoms with van der Waals surface area (Å²) in [6.07, 6.45) is 13.1. The predicted octanol–water partition coefficient (Wildman–Crippen LogP) is 7.44. The second-order valence-corrected chi connectivity index (χ2v) is 19.4. The van der Waals surface area contributed by atoms with Gasteiger partial charge in [0.15, 0.2) is 11.6 Å². The van der Waals surface area contributed by atoms with Crippen molar-refractivity contribution in [3.63, 3.8) is 0 Å². The van der Waals surface area contributed by atoms with Gasteiger partial charge in [-0.15, -0.1) is 0 Å². The maximum Gasteiger partial charge on any atom is 0.163 e. The molecule has 0 aromatic heterocycles. The Morgan fingerprint density at radius 2 is 0.714 bits per heavy atom. The average Bonchev–Trinajstić information content (AvgIpc) is 3.56. The van der Waals surface area contributed by atoms with E-state index in [9.17, 15) is 0 Å². The van der Waals surface area contributed by atoms with Crippen LogP contribution in [0.25, 0.3) is 0 Å². The Morgan fingerprint density at radius 1 is 0.486 bits per heavy atom. The summed E-state index contributed by atoms with van der Waals surface area (Å²) in [6, 6.07) is 0. The molecule has 2 aliphatic carbocycles. The molecule has 0 N–H and O–H groups in total. The minimum absolute atomic E-state index is 0. The van der Waals surface area contributed by atoms with E-state index in [2.05, 4.69) is 55.4 Å². The van der Waals surface area contributed by atoms with Crippen LogP contribution in [-0.2, 0) is 36.0 Å². The van der Waals surface area contributed by atoms with Crippen molar-refractivity contribution in [2.45, 2.75) is 177 Å². The van der Waals surface area contributed by atoms with Gasteiger partial charge < -0.3 is 18.9 Å². The standard InChI is InChI=1S/2C14H25O2P.Fe/c2*1-9-12-13(16-14(3,4)15-12)10(2)17(9)11-7-5-6-8-11;/h2*9-13H,5-8H2,1-4H3;. The average molecular weight is 568 g/mol. The van der Waals surface area contributed by atoms with Gasteiger partial charge in [-0.05, 0) is 64.7 Å². The Kier molecular flexibility index (Phi) is 9.18. The van der Waals surface area contributed by atoms with E-state index in [0.717, 1.165) is 34.0 Å². The molecule has 0 bridgehead atoms. The maximum absolute atomic E-state index is 6.14. The Morgan fingerprint density at radius 3 is 0.943 bits per heavy atom. The van der Waals surface area contributed by atoms with Gasteiger partial charge in [0, 0.05) is 39.7 Å². The quantitative estimate of drug-likeness (QED) is 0.256. The zero-order chi connectivity index (χ0) is 24.4. The fourth-order valence-corrected chi connectivity index (χ4v) is 16.6. The van der Waals surface area contributed by atoms with Crippen LogP contribution in [0, 0.1) is 0 Å². The molecule has 4 nitrogen and oxygen atoms in total. The van der Waals surface area contributed by atoms with E-state index in [1.165, 1.54) is 51.4 Å². The van der Waals surface area contributed by atoms with Crippen LogP contribution in [0.4, 0.5) is 0 Å². The van der Waals surface area contributed by atoms with E-state index < -0.39 is 0 Å². The van der Waals surface area contributed by atoms with Gasteiger partial charge >= 0.3 is 0 Å². The third-order valence-corrected chi connectivity index (χ3v) is 17.3. The Balaban J connectivity index is 0.000000160. The first-order valence-corrected chi connectivity index (χ1v) is 17.3. The zero-order valence-electron chi connectivity index (χ0n) is 23.3. The third kappa shape index (κ3) is 5.61. The number of hydrogen-bond acceptors (Lipinski definition) is 4. The molecule has 7 heteroatoms. The first-order valence-electron chi connectivity index (χ1n) is 14.3. The molecule has 0 radical (unpaired) electrons. The molecule has 2 saturated carbocycles. The first kappa shape index (κ1) is 29.2. The van der Waals surface area contributed by atoms with Crippen LogP contribution >= 0.6 is 15.8 Å². The number of hydrogen-bond donors (Lipinski definition) is 0. The topological polar surface area (TPSA) is 36.9 Å². The summed E-state index contributed by atoms with van der Waals surface area (Å²) in [4.78, 5) is 0. The van der Waals surface area contributed by atoms with Crippen molar-refractivity contribution in [2.75, 3.05) is 0 Å². The summed E-state index contributed by atoms with van der Waals surface area (Å²) >= 11 is 0. The van der Waals surface area contributed by atoms with Crippen molar-refractivity contribution < 1.29 is 36.0 Å². The Hall–Kier alpha value is 1.22. The van der Waals surface area contributed by atoms with Crippen LogP contribution in [0.3, 0.4) is 0 Å². The monoisotopic (exact) mass is 568 g/mol. The molecule has 0 aromatic rings. The SMILES string of the molecule is CC1C2OC(C)(C)OC2C(C)P1C1CCCC1.CC1C2OC(C)(C)OC2C(C)P1C1CCCC1.[Fe]. The Bertz CT molecular complexity index is 624. The van der Waals surface area contributed by atoms with E-state index in [4.69, 9.17) is 18.9 Å². The van der Waals surface area contributed by atoms with Crippen LogP contribution in [0.2, 0.25) is 0 Å². The molecule has 4 heterocycles. The van der Waals surface area contributed by atoms with Crippen LogP contribution < -0.4 is 0 Å². The Labute approximate surface area is 228 Å². The van der Waals surface area contributed by atoms with Gasteiger partial charge in [0.05, 0.1) is 24.4 Å². The second kappa shape index (κ2) is 11.0. The van der Waals surface area contributed by atoms with Gasteiger partial charge in [-0.2, -0.15) is 0 Å². The van der Waals surface area contributed by atoms with Crippen molar-refractivity contribution in [3.8, 4) is 0 Å². The molecule has 6 aliphatic rings. The van der Waals surface area contributed by atoms with E-state index in [-0.39, 0.29) is 44.5 Å². The molecule has 8 unspecified atom stereocenters. The molecule has 6 rings (SSSR count). The van der Waals surface area contributed by atoms with Crippen molar-refractivity contribution in [2.24, 2.45) is 0 Å².